The van der Waals surface area contributed by atoms with Crippen molar-refractivity contribution in [2.24, 2.45) is 0 Å². The van der Waals surface area contributed by atoms with Gasteiger partial charge in [0.05, 0.1) is 0 Å². The maximum atomic E-state index is 10.7. The van der Waals surface area contributed by atoms with Crippen LogP contribution in [0.5, 0.6) is 0 Å². The van der Waals surface area contributed by atoms with E-state index in [9.17, 15) is 15.2 Å². The first-order valence-corrected chi connectivity index (χ1v) is 7.63. The average Bonchev–Trinajstić information content (AvgIpc) is 2.26. The number of hydrogen-bond acceptors (Lipinski definition) is 5. The Morgan fingerprint density at radius 2 is 2.24 bits per heavy atom. The summed E-state index contributed by atoms with van der Waals surface area (Å²) in [6, 6.07) is 2.70. The number of nitrogens with zero attached hydrogens (tertiary/aromatic N) is 1. The molecule has 0 fully saturated rings. The van der Waals surface area contributed by atoms with Crippen molar-refractivity contribution < 1.29 is 15.1 Å². The first-order valence-electron chi connectivity index (χ1n) is 4.72. The van der Waals surface area contributed by atoms with E-state index >= 15 is 0 Å². The molecule has 94 valence electrons. The Balaban J connectivity index is 2.92. The van der Waals surface area contributed by atoms with Crippen LogP contribution in [0.25, 0.3) is 0 Å². The monoisotopic (exact) mass is 322 g/mol. The predicted molar refractivity (Wildman–Crippen MR) is 67.2 cm³/mol. The second-order valence-corrected chi connectivity index (χ2v) is 6.50. The molecule has 0 aliphatic rings. The number of hydrogen-bond donors (Lipinski definition) is 3. The number of nitrogens with two attached hydrogens (primary N) is 1. The topological polar surface area (TPSA) is 110 Å². The molecule has 4 N–H and O–H groups in total. The Morgan fingerprint density at radius 3 is 2.76 bits per heavy atom. The summed E-state index contributed by atoms with van der Waals surface area (Å²) < 4.78 is 0.653. The van der Waals surface area contributed by atoms with E-state index in [1.807, 2.05) is 0 Å². The zero-order chi connectivity index (χ0) is 13.0. The van der Waals surface area contributed by atoms with Crippen molar-refractivity contribution >= 4 is 43.1 Å². The molecule has 0 aliphatic heterocycles. The van der Waals surface area contributed by atoms with Crippen LogP contribution in [0.15, 0.2) is 12.1 Å². The Kier molecular flexibility index (Phi) is 5.21. The van der Waals surface area contributed by atoms with E-state index in [1.54, 1.807) is 0 Å². The molecule has 0 spiro atoms. The van der Waals surface area contributed by atoms with Crippen LogP contribution in [0.2, 0.25) is 10.2 Å². The number of aliphatic hydroxyl groups excluding tert-OH is 2. The van der Waals surface area contributed by atoms with Gasteiger partial charge in [-0.2, -0.15) is 0 Å². The van der Waals surface area contributed by atoms with Crippen molar-refractivity contribution in [3.05, 3.63) is 27.3 Å². The van der Waals surface area contributed by atoms with Gasteiger partial charge in [-0.3, -0.25) is 0 Å². The van der Waals surface area contributed by atoms with Gasteiger partial charge in [0.15, 0.2) is 0 Å². The molecule has 2 atom stereocenters. The molecule has 0 saturated carbocycles. The van der Waals surface area contributed by atoms with Crippen LogP contribution < -0.4 is 10.1 Å². The molecule has 1 aromatic rings. The van der Waals surface area contributed by atoms with E-state index in [0.717, 1.165) is 0 Å². The van der Waals surface area contributed by atoms with Gasteiger partial charge < -0.3 is 0 Å². The zero-order valence-electron chi connectivity index (χ0n) is 8.76. The Morgan fingerprint density at radius 1 is 1.59 bits per heavy atom. The summed E-state index contributed by atoms with van der Waals surface area (Å²) >= 11 is 5.08. The summed E-state index contributed by atoms with van der Waals surface area (Å²) in [6.45, 7) is -0.321. The second kappa shape index (κ2) is 6.21. The van der Waals surface area contributed by atoms with E-state index in [1.165, 1.54) is 12.1 Å². The van der Waals surface area contributed by atoms with Crippen molar-refractivity contribution in [2.45, 2.75) is 11.3 Å². The quantitative estimate of drug-likeness (QED) is 0.297. The van der Waals surface area contributed by atoms with Gasteiger partial charge in [-0.25, -0.2) is 0 Å². The summed E-state index contributed by atoms with van der Waals surface area (Å²) in [5, 5.41) is 29.4. The van der Waals surface area contributed by atoms with Crippen molar-refractivity contribution in [3.8, 4) is 0 Å². The van der Waals surface area contributed by atoms with Gasteiger partial charge in [0, 0.05) is 0 Å². The van der Waals surface area contributed by atoms with Gasteiger partial charge in [0.1, 0.15) is 0 Å². The molecule has 1 aromatic carbocycles. The van der Waals surface area contributed by atoms with Crippen LogP contribution in [0.1, 0.15) is 0 Å². The van der Waals surface area contributed by atoms with Crippen LogP contribution in [0.3, 0.4) is 0 Å². The van der Waals surface area contributed by atoms with Crippen molar-refractivity contribution in [2.75, 3.05) is 12.3 Å². The number of nitro groups is 1. The molecule has 0 radical (unpaired) electrons. The number of anilines is 1. The van der Waals surface area contributed by atoms with E-state index in [2.05, 4.69) is 0 Å². The third-order valence-corrected chi connectivity index (χ3v) is 5.78. The number of benzene rings is 1. The minimum absolute atomic E-state index is 0.0260. The molecule has 1 rings (SSSR count). The van der Waals surface area contributed by atoms with Gasteiger partial charge in [-0.15, -0.1) is 0 Å². The Bertz CT molecular complexity index is 430. The summed E-state index contributed by atoms with van der Waals surface area (Å²) in [7, 11) is 0. The number of aliphatic hydroxyl groups is 2. The van der Waals surface area contributed by atoms with Gasteiger partial charge in [0.25, 0.3) is 0 Å². The molecule has 0 aromatic heterocycles. The molecular formula is C9H12AsClN2O4. The number of rotatable bonds is 5. The van der Waals surface area contributed by atoms with Crippen LogP contribution in [-0.2, 0) is 0 Å². The van der Waals surface area contributed by atoms with Crippen LogP contribution in [-0.4, -0.2) is 43.6 Å². The van der Waals surface area contributed by atoms with Crippen molar-refractivity contribution in [3.63, 3.8) is 0 Å². The molecule has 0 aliphatic carbocycles. The minimum atomic E-state index is -0.840. The van der Waals surface area contributed by atoms with Gasteiger partial charge in [-0.1, -0.05) is 0 Å². The fraction of sp³-hybridized carbons (Fsp3) is 0.333. The summed E-state index contributed by atoms with van der Waals surface area (Å²) in [4.78, 5) is 10.1. The van der Waals surface area contributed by atoms with E-state index in [0.29, 0.717) is 14.6 Å². The zero-order valence-corrected chi connectivity index (χ0v) is 11.6. The maximum absolute atomic E-state index is 10.7. The normalized spacial score (nSPS) is 13.1. The molecule has 0 saturated heterocycles. The van der Waals surface area contributed by atoms with Gasteiger partial charge in [-0.05, 0) is 0 Å². The molecular weight excluding hydrogens is 310 g/mol. The van der Waals surface area contributed by atoms with Crippen LogP contribution >= 0.6 is 11.6 Å². The van der Waals surface area contributed by atoms with E-state index < -0.39 is 26.8 Å². The Hall–Kier alpha value is -0.812. The van der Waals surface area contributed by atoms with E-state index in [-0.39, 0.29) is 18.0 Å². The fourth-order valence-corrected chi connectivity index (χ4v) is 3.92. The summed E-state index contributed by atoms with van der Waals surface area (Å²) in [6.07, 6.45) is -0.803. The number of halogens is 1. The Labute approximate surface area is 109 Å². The second-order valence-electron chi connectivity index (χ2n) is 3.37. The first kappa shape index (κ1) is 14.3. The number of nitro benzene ring substituents is 1. The SMILES string of the molecule is Nc1cc(Cl)c([AsH]CC(O)CO)cc1[N+](=O)[O-]. The number of nitrogen functional groups attached to an aromatic ring is 1. The molecule has 2 unspecified atom stereocenters. The first-order chi connectivity index (χ1) is 7.95. The molecule has 17 heavy (non-hydrogen) atoms. The van der Waals surface area contributed by atoms with Gasteiger partial charge >= 0.3 is 109 Å². The molecule has 6 nitrogen and oxygen atoms in total. The van der Waals surface area contributed by atoms with Crippen molar-refractivity contribution in [1.29, 1.82) is 0 Å². The predicted octanol–water partition coefficient (Wildman–Crippen LogP) is -0.336. The van der Waals surface area contributed by atoms with Gasteiger partial charge in [0.2, 0.25) is 0 Å². The van der Waals surface area contributed by atoms with Crippen LogP contribution in [0, 0.1) is 10.1 Å². The summed E-state index contributed by atoms with van der Waals surface area (Å²) in [5.74, 6) is 0. The van der Waals surface area contributed by atoms with Crippen molar-refractivity contribution in [1.82, 2.24) is 0 Å². The molecule has 0 bridgehead atoms. The third-order valence-electron chi connectivity index (χ3n) is 2.05. The third kappa shape index (κ3) is 3.85. The van der Waals surface area contributed by atoms with Crippen LogP contribution in [0.4, 0.5) is 11.4 Å². The van der Waals surface area contributed by atoms with E-state index in [4.69, 9.17) is 22.4 Å². The summed E-state index contributed by atoms with van der Waals surface area (Å²) in [5.41, 5.74) is 5.32. The molecule has 8 heteroatoms. The average molecular weight is 323 g/mol. The molecule has 0 amide bonds. The standard InChI is InChI=1S/C9H12AsClN2O4/c11-7-2-8(12)9(13(16)17)1-6(7)10-3-5(15)4-14/h1-2,5,10,14-15H,3-4,12H2. The fourth-order valence-electron chi connectivity index (χ4n) is 1.16. The molecule has 0 heterocycles.